The summed E-state index contributed by atoms with van der Waals surface area (Å²) >= 11 is 6.31. The molecule has 0 bridgehead atoms. The van der Waals surface area contributed by atoms with E-state index >= 15 is 0 Å². The minimum absolute atomic E-state index is 0.602. The number of nitrogens with one attached hydrogen (secondary N) is 2. The second-order valence-electron chi connectivity index (χ2n) is 7.81. The van der Waals surface area contributed by atoms with E-state index < -0.39 is 0 Å². The van der Waals surface area contributed by atoms with Crippen LogP contribution in [0.15, 0.2) is 91.3 Å². The zero-order chi connectivity index (χ0) is 22.6. The van der Waals surface area contributed by atoms with E-state index in [1.54, 1.807) is 12.4 Å². The van der Waals surface area contributed by atoms with Crippen molar-refractivity contribution in [3.05, 3.63) is 107 Å². The van der Waals surface area contributed by atoms with E-state index in [0.717, 1.165) is 34.4 Å². The molecule has 0 saturated heterocycles. The van der Waals surface area contributed by atoms with Gasteiger partial charge >= 0.3 is 0 Å². The molecule has 5 rings (SSSR count). The van der Waals surface area contributed by atoms with Gasteiger partial charge in [-0.05, 0) is 55.0 Å². The number of hydrogen-bond donors (Lipinski definition) is 2. The number of pyridine rings is 1. The molecule has 0 aliphatic carbocycles. The van der Waals surface area contributed by atoms with E-state index in [9.17, 15) is 0 Å². The fraction of sp³-hybridized carbons (Fsp3) is 0.0741. The molecule has 5 aromatic rings. The number of benzene rings is 3. The molecule has 0 aliphatic heterocycles. The molecule has 0 fully saturated rings. The fourth-order valence-corrected chi connectivity index (χ4v) is 3.89. The normalized spacial score (nSPS) is 10.8. The predicted octanol–water partition coefficient (Wildman–Crippen LogP) is 7.01. The van der Waals surface area contributed by atoms with Crippen molar-refractivity contribution in [3.8, 4) is 11.4 Å². The lowest BCUT2D eigenvalue weighted by molar-refractivity contribution is 1.14. The van der Waals surface area contributed by atoms with Crippen LogP contribution in [-0.2, 0) is 6.54 Å². The Morgan fingerprint density at radius 2 is 1.73 bits per heavy atom. The maximum absolute atomic E-state index is 6.31. The molecule has 0 spiro atoms. The SMILES string of the molecule is Cc1cccc(CNc2ccccc2Nc2nc(-c3cccnc3)nc3ccc(Cl)cc23)c1. The average Bonchev–Trinajstić information content (AvgIpc) is 2.84. The van der Waals surface area contributed by atoms with Crippen LogP contribution in [0, 0.1) is 6.92 Å². The third-order valence-corrected chi connectivity index (χ3v) is 5.56. The number of rotatable bonds is 6. The Balaban J connectivity index is 1.52. The smallest absolute Gasteiger partial charge is 0.163 e. The van der Waals surface area contributed by atoms with E-state index in [0.29, 0.717) is 16.7 Å². The largest absolute Gasteiger partial charge is 0.379 e. The maximum Gasteiger partial charge on any atom is 0.163 e. The topological polar surface area (TPSA) is 62.7 Å². The molecule has 5 nitrogen and oxygen atoms in total. The number of aromatic nitrogens is 3. The lowest BCUT2D eigenvalue weighted by Crippen LogP contribution is -2.04. The van der Waals surface area contributed by atoms with Gasteiger partial charge in [-0.15, -0.1) is 0 Å². The number of fused-ring (bicyclic) bond motifs is 1. The first-order valence-electron chi connectivity index (χ1n) is 10.7. The second kappa shape index (κ2) is 9.27. The summed E-state index contributed by atoms with van der Waals surface area (Å²) in [4.78, 5) is 13.8. The van der Waals surface area contributed by atoms with Gasteiger partial charge in [0.05, 0.1) is 16.9 Å². The van der Waals surface area contributed by atoms with Crippen molar-refractivity contribution in [1.29, 1.82) is 0 Å². The molecule has 0 amide bonds. The molecular formula is C27H22ClN5. The average molecular weight is 452 g/mol. The minimum atomic E-state index is 0.602. The van der Waals surface area contributed by atoms with Crippen LogP contribution in [0.1, 0.15) is 11.1 Å². The maximum atomic E-state index is 6.31. The van der Waals surface area contributed by atoms with Crippen molar-refractivity contribution in [2.75, 3.05) is 10.6 Å². The first-order valence-corrected chi connectivity index (χ1v) is 11.1. The van der Waals surface area contributed by atoms with Crippen LogP contribution in [0.3, 0.4) is 0 Å². The van der Waals surface area contributed by atoms with E-state index in [1.807, 2.05) is 48.5 Å². The molecule has 0 radical (unpaired) electrons. The summed E-state index contributed by atoms with van der Waals surface area (Å²) < 4.78 is 0. The van der Waals surface area contributed by atoms with Crippen molar-refractivity contribution < 1.29 is 0 Å². The van der Waals surface area contributed by atoms with Gasteiger partial charge in [-0.25, -0.2) is 9.97 Å². The molecule has 0 saturated carbocycles. The lowest BCUT2D eigenvalue weighted by Gasteiger charge is -2.16. The van der Waals surface area contributed by atoms with Crippen molar-refractivity contribution in [2.24, 2.45) is 0 Å². The van der Waals surface area contributed by atoms with Crippen molar-refractivity contribution in [1.82, 2.24) is 15.0 Å². The first kappa shape index (κ1) is 20.9. The van der Waals surface area contributed by atoms with Gasteiger partial charge in [0.15, 0.2) is 5.82 Å². The molecule has 6 heteroatoms. The van der Waals surface area contributed by atoms with Crippen LogP contribution in [0.2, 0.25) is 5.02 Å². The Hall–Kier alpha value is -3.96. The van der Waals surface area contributed by atoms with Crippen molar-refractivity contribution >= 4 is 39.7 Å². The number of aryl methyl sites for hydroxylation is 1. The molecule has 162 valence electrons. The highest BCUT2D eigenvalue weighted by atomic mass is 35.5. The molecule has 33 heavy (non-hydrogen) atoms. The van der Waals surface area contributed by atoms with Gasteiger partial charge in [0.1, 0.15) is 5.82 Å². The molecule has 2 aromatic heterocycles. The Labute approximate surface area is 197 Å². The fourth-order valence-electron chi connectivity index (χ4n) is 3.71. The predicted molar refractivity (Wildman–Crippen MR) is 136 cm³/mol. The van der Waals surface area contributed by atoms with Crippen LogP contribution in [0.4, 0.5) is 17.2 Å². The standard InChI is InChI=1S/C27H22ClN5/c1-18-6-4-7-19(14-18)16-30-24-9-2-3-10-25(24)32-27-22-15-21(28)11-12-23(22)31-26(33-27)20-8-5-13-29-17-20/h2-15,17,30H,16H2,1H3,(H,31,32,33). The Morgan fingerprint density at radius 3 is 2.55 bits per heavy atom. The summed E-state index contributed by atoms with van der Waals surface area (Å²) in [5, 5.41) is 8.53. The van der Waals surface area contributed by atoms with E-state index in [-0.39, 0.29) is 0 Å². The third-order valence-electron chi connectivity index (χ3n) is 5.32. The van der Waals surface area contributed by atoms with Gasteiger partial charge in [0, 0.05) is 34.9 Å². The monoisotopic (exact) mass is 451 g/mol. The van der Waals surface area contributed by atoms with E-state index in [2.05, 4.69) is 52.9 Å². The number of para-hydroxylation sites is 2. The summed E-state index contributed by atoms with van der Waals surface area (Å²) in [6.45, 7) is 2.82. The summed E-state index contributed by atoms with van der Waals surface area (Å²) in [5.41, 5.74) is 6.03. The van der Waals surface area contributed by atoms with Gasteiger partial charge in [-0.1, -0.05) is 53.6 Å². The highest BCUT2D eigenvalue weighted by molar-refractivity contribution is 6.31. The summed E-state index contributed by atoms with van der Waals surface area (Å²) in [6, 6.07) is 26.0. The third kappa shape index (κ3) is 4.78. The minimum Gasteiger partial charge on any atom is -0.379 e. The number of halogens is 1. The first-order chi connectivity index (χ1) is 16.2. The summed E-state index contributed by atoms with van der Waals surface area (Å²) in [6.07, 6.45) is 3.50. The van der Waals surface area contributed by atoms with Crippen LogP contribution in [-0.4, -0.2) is 15.0 Å². The van der Waals surface area contributed by atoms with Crippen LogP contribution >= 0.6 is 11.6 Å². The Kier molecular flexibility index (Phi) is 5.87. The molecule has 2 N–H and O–H groups in total. The Bertz CT molecular complexity index is 1420. The highest BCUT2D eigenvalue weighted by Crippen LogP contribution is 2.32. The van der Waals surface area contributed by atoms with Gasteiger partial charge in [-0.2, -0.15) is 0 Å². The van der Waals surface area contributed by atoms with Gasteiger partial charge in [0.25, 0.3) is 0 Å². The molecule has 3 aromatic carbocycles. The number of hydrogen-bond acceptors (Lipinski definition) is 5. The van der Waals surface area contributed by atoms with Gasteiger partial charge in [0.2, 0.25) is 0 Å². The van der Waals surface area contributed by atoms with E-state index in [4.69, 9.17) is 21.6 Å². The van der Waals surface area contributed by atoms with Gasteiger partial charge in [-0.3, -0.25) is 4.98 Å². The highest BCUT2D eigenvalue weighted by Gasteiger charge is 2.12. The van der Waals surface area contributed by atoms with Crippen LogP contribution in [0.5, 0.6) is 0 Å². The van der Waals surface area contributed by atoms with Crippen molar-refractivity contribution in [2.45, 2.75) is 13.5 Å². The molecular weight excluding hydrogens is 430 g/mol. The lowest BCUT2D eigenvalue weighted by atomic mass is 10.1. The quantitative estimate of drug-likeness (QED) is 0.290. The zero-order valence-electron chi connectivity index (χ0n) is 18.1. The van der Waals surface area contributed by atoms with E-state index in [1.165, 1.54) is 11.1 Å². The second-order valence-corrected chi connectivity index (χ2v) is 8.25. The zero-order valence-corrected chi connectivity index (χ0v) is 18.8. The molecule has 0 unspecified atom stereocenters. The molecule has 2 heterocycles. The molecule has 0 aliphatic rings. The number of nitrogens with zero attached hydrogens (tertiary/aromatic N) is 3. The van der Waals surface area contributed by atoms with Gasteiger partial charge < -0.3 is 10.6 Å². The van der Waals surface area contributed by atoms with Crippen molar-refractivity contribution in [3.63, 3.8) is 0 Å². The van der Waals surface area contributed by atoms with Crippen LogP contribution in [0.25, 0.3) is 22.3 Å². The molecule has 0 atom stereocenters. The Morgan fingerprint density at radius 1 is 0.848 bits per heavy atom. The summed E-state index contributed by atoms with van der Waals surface area (Å²) in [5.74, 6) is 1.29. The number of anilines is 3. The van der Waals surface area contributed by atoms with Crippen LogP contribution < -0.4 is 10.6 Å². The summed E-state index contributed by atoms with van der Waals surface area (Å²) in [7, 11) is 0.